The van der Waals surface area contributed by atoms with Gasteiger partial charge < -0.3 is 15.6 Å². The van der Waals surface area contributed by atoms with E-state index >= 15 is 0 Å². The van der Waals surface area contributed by atoms with Crippen molar-refractivity contribution in [1.82, 2.24) is 20.1 Å². The summed E-state index contributed by atoms with van der Waals surface area (Å²) in [4.78, 5) is 11.0. The van der Waals surface area contributed by atoms with Crippen LogP contribution >= 0.6 is 24.2 Å². The van der Waals surface area contributed by atoms with Crippen LogP contribution in [0.15, 0.2) is 5.16 Å². The van der Waals surface area contributed by atoms with Gasteiger partial charge in [0.25, 0.3) is 0 Å². The maximum atomic E-state index is 11.0. The number of nitrogens with one attached hydrogen (secondary N) is 1. The number of amides is 1. The number of thioether (sulfide) groups is 1. The lowest BCUT2D eigenvalue weighted by atomic mass is 10.2. The molecule has 1 heterocycles. The van der Waals surface area contributed by atoms with E-state index < -0.39 is 0 Å². The molecule has 8 heteroatoms. The molecule has 6 nitrogen and oxygen atoms in total. The molecule has 0 aliphatic carbocycles. The molecule has 0 aromatic carbocycles. The summed E-state index contributed by atoms with van der Waals surface area (Å²) in [5, 5.41) is 12.1. The standard InChI is InChI=1S/C12H23N5OS.ClH/c1-9(2)8-17-10(15-16-12(17)19-3)5-4-6-14-11(18)7-13;/h9H,4-8,13H2,1-3H3,(H,14,18);1H. The number of aryl methyl sites for hydroxylation is 1. The highest BCUT2D eigenvalue weighted by atomic mass is 35.5. The summed E-state index contributed by atoms with van der Waals surface area (Å²) in [5.41, 5.74) is 5.22. The van der Waals surface area contributed by atoms with Crippen LogP contribution in [0.4, 0.5) is 0 Å². The first-order valence-electron chi connectivity index (χ1n) is 6.51. The predicted octanol–water partition coefficient (Wildman–Crippen LogP) is 1.09. The number of hydrogen-bond donors (Lipinski definition) is 2. The number of nitrogens with two attached hydrogens (primary N) is 1. The predicted molar refractivity (Wildman–Crippen MR) is 84.3 cm³/mol. The number of hydrogen-bond acceptors (Lipinski definition) is 5. The van der Waals surface area contributed by atoms with Crippen molar-refractivity contribution in [2.75, 3.05) is 19.3 Å². The number of carbonyl (C=O) groups is 1. The van der Waals surface area contributed by atoms with E-state index in [9.17, 15) is 4.79 Å². The highest BCUT2D eigenvalue weighted by molar-refractivity contribution is 7.98. The molecule has 1 rings (SSSR count). The smallest absolute Gasteiger partial charge is 0.233 e. The maximum absolute atomic E-state index is 11.0. The van der Waals surface area contributed by atoms with Crippen LogP contribution in [0, 0.1) is 5.92 Å². The molecule has 3 N–H and O–H groups in total. The van der Waals surface area contributed by atoms with Gasteiger partial charge in [0.1, 0.15) is 5.82 Å². The maximum Gasteiger partial charge on any atom is 0.233 e. The third-order valence-corrected chi connectivity index (χ3v) is 3.28. The van der Waals surface area contributed by atoms with Crippen LogP contribution in [0.5, 0.6) is 0 Å². The average Bonchev–Trinajstić information content (AvgIpc) is 2.76. The van der Waals surface area contributed by atoms with E-state index in [1.165, 1.54) is 0 Å². The van der Waals surface area contributed by atoms with E-state index in [0.717, 1.165) is 30.4 Å². The molecule has 0 bridgehead atoms. The first-order chi connectivity index (χ1) is 9.08. The zero-order chi connectivity index (χ0) is 14.3. The van der Waals surface area contributed by atoms with Crippen molar-refractivity contribution >= 4 is 30.1 Å². The van der Waals surface area contributed by atoms with Crippen LogP contribution in [-0.2, 0) is 17.8 Å². The summed E-state index contributed by atoms with van der Waals surface area (Å²) < 4.78 is 2.17. The minimum absolute atomic E-state index is 0. The number of carbonyl (C=O) groups excluding carboxylic acids is 1. The van der Waals surface area contributed by atoms with E-state index in [1.54, 1.807) is 11.8 Å². The van der Waals surface area contributed by atoms with Gasteiger partial charge in [-0.05, 0) is 18.6 Å². The van der Waals surface area contributed by atoms with Gasteiger partial charge in [0.2, 0.25) is 5.91 Å². The SMILES string of the molecule is CSc1nnc(CCCNC(=O)CN)n1CC(C)C.Cl. The van der Waals surface area contributed by atoms with Crippen molar-refractivity contribution in [1.29, 1.82) is 0 Å². The zero-order valence-electron chi connectivity index (χ0n) is 12.3. The fourth-order valence-corrected chi connectivity index (χ4v) is 2.27. The van der Waals surface area contributed by atoms with Gasteiger partial charge in [0.05, 0.1) is 6.54 Å². The normalized spacial score (nSPS) is 10.4. The summed E-state index contributed by atoms with van der Waals surface area (Å²) in [5.74, 6) is 1.42. The van der Waals surface area contributed by atoms with E-state index in [4.69, 9.17) is 5.73 Å². The Kier molecular flexibility index (Phi) is 9.62. The lowest BCUT2D eigenvalue weighted by molar-refractivity contribution is -0.119. The third kappa shape index (κ3) is 6.11. The second-order valence-corrected chi connectivity index (χ2v) is 5.54. The monoisotopic (exact) mass is 321 g/mol. The molecule has 1 aromatic rings. The van der Waals surface area contributed by atoms with Gasteiger partial charge in [0, 0.05) is 19.5 Å². The fraction of sp³-hybridized carbons (Fsp3) is 0.750. The highest BCUT2D eigenvalue weighted by Gasteiger charge is 2.12. The molecule has 0 spiro atoms. The van der Waals surface area contributed by atoms with Crippen LogP contribution in [-0.4, -0.2) is 40.0 Å². The Morgan fingerprint density at radius 3 is 2.70 bits per heavy atom. The molecule has 0 aliphatic heterocycles. The summed E-state index contributed by atoms with van der Waals surface area (Å²) in [6.45, 7) is 5.94. The van der Waals surface area contributed by atoms with Crippen LogP contribution in [0.25, 0.3) is 0 Å². The van der Waals surface area contributed by atoms with Gasteiger partial charge >= 0.3 is 0 Å². The second-order valence-electron chi connectivity index (χ2n) is 4.77. The van der Waals surface area contributed by atoms with Gasteiger partial charge in [0.15, 0.2) is 5.16 Å². The number of halogens is 1. The molecule has 0 unspecified atom stereocenters. The molecule has 0 aliphatic rings. The summed E-state index contributed by atoms with van der Waals surface area (Å²) in [6, 6.07) is 0. The molecular weight excluding hydrogens is 298 g/mol. The van der Waals surface area contributed by atoms with E-state index in [1.807, 2.05) is 6.26 Å². The van der Waals surface area contributed by atoms with Crippen LogP contribution in [0.1, 0.15) is 26.1 Å². The van der Waals surface area contributed by atoms with Gasteiger partial charge in [-0.25, -0.2) is 0 Å². The molecule has 0 saturated heterocycles. The number of rotatable bonds is 8. The number of aromatic nitrogens is 3. The number of nitrogens with zero attached hydrogens (tertiary/aromatic N) is 3. The molecular formula is C12H24ClN5OS. The van der Waals surface area contributed by atoms with Gasteiger partial charge in [-0.3, -0.25) is 4.79 Å². The quantitative estimate of drug-likeness (QED) is 0.553. The summed E-state index contributed by atoms with van der Waals surface area (Å²) >= 11 is 1.61. The molecule has 20 heavy (non-hydrogen) atoms. The highest BCUT2D eigenvalue weighted by Crippen LogP contribution is 2.16. The van der Waals surface area contributed by atoms with Crippen LogP contribution < -0.4 is 11.1 Å². The van der Waals surface area contributed by atoms with Crippen molar-refractivity contribution in [3.63, 3.8) is 0 Å². The lowest BCUT2D eigenvalue weighted by Crippen LogP contribution is -2.31. The topological polar surface area (TPSA) is 85.8 Å². The molecule has 116 valence electrons. The third-order valence-electron chi connectivity index (χ3n) is 2.61. The molecule has 0 saturated carbocycles. The van der Waals surface area contributed by atoms with Gasteiger partial charge in [-0.2, -0.15) is 0 Å². The molecule has 0 fully saturated rings. The Morgan fingerprint density at radius 1 is 1.45 bits per heavy atom. The van der Waals surface area contributed by atoms with E-state index in [2.05, 4.69) is 33.9 Å². The van der Waals surface area contributed by atoms with Crippen LogP contribution in [0.2, 0.25) is 0 Å². The Labute approximate surface area is 130 Å². The summed E-state index contributed by atoms with van der Waals surface area (Å²) in [6.07, 6.45) is 3.66. The fourth-order valence-electron chi connectivity index (χ4n) is 1.75. The molecule has 1 amide bonds. The first-order valence-corrected chi connectivity index (χ1v) is 7.73. The van der Waals surface area contributed by atoms with Crippen LogP contribution in [0.3, 0.4) is 0 Å². The van der Waals surface area contributed by atoms with E-state index in [0.29, 0.717) is 12.5 Å². The Hall–Kier alpha value is -0.790. The van der Waals surface area contributed by atoms with Crippen molar-refractivity contribution in [2.24, 2.45) is 11.7 Å². The van der Waals surface area contributed by atoms with Crippen molar-refractivity contribution in [3.05, 3.63) is 5.82 Å². The Balaban J connectivity index is 0.00000361. The minimum atomic E-state index is -0.117. The van der Waals surface area contributed by atoms with E-state index in [-0.39, 0.29) is 24.9 Å². The Bertz CT molecular complexity index is 411. The summed E-state index contributed by atoms with van der Waals surface area (Å²) in [7, 11) is 0. The van der Waals surface area contributed by atoms with Crippen molar-refractivity contribution in [3.8, 4) is 0 Å². The van der Waals surface area contributed by atoms with Gasteiger partial charge in [-0.15, -0.1) is 22.6 Å². The molecule has 0 atom stereocenters. The van der Waals surface area contributed by atoms with Gasteiger partial charge in [-0.1, -0.05) is 25.6 Å². The van der Waals surface area contributed by atoms with Crippen molar-refractivity contribution in [2.45, 2.75) is 38.4 Å². The van der Waals surface area contributed by atoms with Crippen molar-refractivity contribution < 1.29 is 4.79 Å². The second kappa shape index (κ2) is 10.0. The average molecular weight is 322 g/mol. The molecule has 1 aromatic heterocycles. The lowest BCUT2D eigenvalue weighted by Gasteiger charge is -2.11. The largest absolute Gasteiger partial charge is 0.355 e. The first kappa shape index (κ1) is 19.2. The zero-order valence-corrected chi connectivity index (χ0v) is 13.9. The minimum Gasteiger partial charge on any atom is -0.355 e. The molecule has 0 radical (unpaired) electrons. The Morgan fingerprint density at radius 2 is 2.15 bits per heavy atom.